The van der Waals surface area contributed by atoms with Gasteiger partial charge < -0.3 is 10.2 Å². The number of hydrogen-bond acceptors (Lipinski definition) is 2. The van der Waals surface area contributed by atoms with E-state index in [1.807, 2.05) is 0 Å². The SMILES string of the molecule is O=C(NCc1ccc(F)cc1)[C@@H]1CCCN(C(=O)c2cccc(C(F)(F)F)c2)C1. The molecule has 154 valence electrons. The molecule has 29 heavy (non-hydrogen) atoms. The number of hydrogen-bond donors (Lipinski definition) is 1. The zero-order chi connectivity index (χ0) is 21.0. The molecule has 1 aliphatic heterocycles. The minimum atomic E-state index is -4.53. The summed E-state index contributed by atoms with van der Waals surface area (Å²) in [6.45, 7) is 0.762. The molecule has 0 radical (unpaired) electrons. The quantitative estimate of drug-likeness (QED) is 0.778. The molecule has 4 nitrogen and oxygen atoms in total. The molecule has 0 saturated carbocycles. The van der Waals surface area contributed by atoms with Gasteiger partial charge in [-0.15, -0.1) is 0 Å². The summed E-state index contributed by atoms with van der Waals surface area (Å²) >= 11 is 0. The van der Waals surface area contributed by atoms with Crippen LogP contribution in [0.25, 0.3) is 0 Å². The van der Waals surface area contributed by atoms with Crippen molar-refractivity contribution in [1.29, 1.82) is 0 Å². The van der Waals surface area contributed by atoms with E-state index < -0.39 is 23.6 Å². The van der Waals surface area contributed by atoms with Gasteiger partial charge in [-0.25, -0.2) is 4.39 Å². The van der Waals surface area contributed by atoms with Gasteiger partial charge in [0.2, 0.25) is 5.91 Å². The van der Waals surface area contributed by atoms with Gasteiger partial charge in [0.1, 0.15) is 5.82 Å². The van der Waals surface area contributed by atoms with Crippen molar-refractivity contribution in [3.05, 3.63) is 71.0 Å². The highest BCUT2D eigenvalue weighted by Crippen LogP contribution is 2.30. The fourth-order valence-electron chi connectivity index (χ4n) is 3.32. The molecule has 0 spiro atoms. The average Bonchev–Trinajstić information content (AvgIpc) is 2.72. The van der Waals surface area contributed by atoms with Crippen LogP contribution >= 0.6 is 0 Å². The van der Waals surface area contributed by atoms with Gasteiger partial charge in [0.15, 0.2) is 0 Å². The number of rotatable bonds is 4. The van der Waals surface area contributed by atoms with Crippen LogP contribution in [0.3, 0.4) is 0 Å². The van der Waals surface area contributed by atoms with Crippen molar-refractivity contribution < 1.29 is 27.2 Å². The maximum Gasteiger partial charge on any atom is 0.416 e. The van der Waals surface area contributed by atoms with E-state index >= 15 is 0 Å². The first-order valence-electron chi connectivity index (χ1n) is 9.23. The van der Waals surface area contributed by atoms with Gasteiger partial charge in [-0.1, -0.05) is 18.2 Å². The molecule has 0 aromatic heterocycles. The summed E-state index contributed by atoms with van der Waals surface area (Å²) in [6.07, 6.45) is -3.36. The monoisotopic (exact) mass is 408 g/mol. The van der Waals surface area contributed by atoms with Gasteiger partial charge in [-0.05, 0) is 48.7 Å². The Morgan fingerprint density at radius 1 is 1.10 bits per heavy atom. The second-order valence-corrected chi connectivity index (χ2v) is 7.01. The topological polar surface area (TPSA) is 49.4 Å². The van der Waals surface area contributed by atoms with E-state index in [0.29, 0.717) is 19.4 Å². The molecule has 1 fully saturated rings. The zero-order valence-electron chi connectivity index (χ0n) is 15.5. The third-order valence-corrected chi connectivity index (χ3v) is 4.90. The Morgan fingerprint density at radius 3 is 2.52 bits per heavy atom. The Hall–Kier alpha value is -2.90. The fourth-order valence-corrected chi connectivity index (χ4v) is 3.32. The van der Waals surface area contributed by atoms with E-state index in [4.69, 9.17) is 0 Å². The standard InChI is InChI=1S/C21H20F4N2O2/c22-18-8-6-14(7-9-18)12-26-19(28)16-4-2-10-27(13-16)20(29)15-3-1-5-17(11-15)21(23,24)25/h1,3,5-9,11,16H,2,4,10,12-13H2,(H,26,28)/t16-/m1/s1. The lowest BCUT2D eigenvalue weighted by Crippen LogP contribution is -2.45. The number of piperidine rings is 1. The lowest BCUT2D eigenvalue weighted by Gasteiger charge is -2.32. The van der Waals surface area contributed by atoms with Crippen molar-refractivity contribution >= 4 is 11.8 Å². The second-order valence-electron chi connectivity index (χ2n) is 7.01. The van der Waals surface area contributed by atoms with E-state index in [1.165, 1.54) is 29.2 Å². The second kappa shape index (κ2) is 8.63. The van der Waals surface area contributed by atoms with Crippen LogP contribution in [0.15, 0.2) is 48.5 Å². The molecule has 0 aliphatic carbocycles. The van der Waals surface area contributed by atoms with Crippen molar-refractivity contribution in [3.8, 4) is 0 Å². The molecular formula is C21H20F4N2O2. The minimum absolute atomic E-state index is 0.0489. The summed E-state index contributed by atoms with van der Waals surface area (Å²) in [5, 5.41) is 2.77. The lowest BCUT2D eigenvalue weighted by molar-refractivity contribution is -0.137. The van der Waals surface area contributed by atoms with E-state index in [9.17, 15) is 27.2 Å². The third-order valence-electron chi connectivity index (χ3n) is 4.90. The first-order valence-corrected chi connectivity index (χ1v) is 9.23. The van der Waals surface area contributed by atoms with Crippen LogP contribution in [0.1, 0.15) is 34.3 Å². The number of nitrogens with zero attached hydrogens (tertiary/aromatic N) is 1. The molecule has 1 atom stereocenters. The van der Waals surface area contributed by atoms with Crippen LogP contribution < -0.4 is 5.32 Å². The molecule has 1 aliphatic rings. The van der Waals surface area contributed by atoms with Gasteiger partial charge >= 0.3 is 6.18 Å². The molecule has 2 aromatic carbocycles. The van der Waals surface area contributed by atoms with E-state index in [-0.39, 0.29) is 30.4 Å². The minimum Gasteiger partial charge on any atom is -0.352 e. The highest BCUT2D eigenvalue weighted by atomic mass is 19.4. The van der Waals surface area contributed by atoms with E-state index in [0.717, 1.165) is 17.7 Å². The largest absolute Gasteiger partial charge is 0.416 e. The van der Waals surface area contributed by atoms with Crippen molar-refractivity contribution in [1.82, 2.24) is 10.2 Å². The molecule has 8 heteroatoms. The fraction of sp³-hybridized carbons (Fsp3) is 0.333. The molecular weight excluding hydrogens is 388 g/mol. The van der Waals surface area contributed by atoms with E-state index in [2.05, 4.69) is 5.32 Å². The number of carbonyl (C=O) groups is 2. The number of nitrogens with one attached hydrogen (secondary N) is 1. The molecule has 1 saturated heterocycles. The Labute approximate surface area is 165 Å². The maximum atomic E-state index is 12.9. The molecule has 3 rings (SSSR count). The van der Waals surface area contributed by atoms with Crippen LogP contribution in [-0.4, -0.2) is 29.8 Å². The van der Waals surface area contributed by atoms with Crippen molar-refractivity contribution in [3.63, 3.8) is 0 Å². The Balaban J connectivity index is 1.61. The smallest absolute Gasteiger partial charge is 0.352 e. The van der Waals surface area contributed by atoms with Crippen LogP contribution in [0, 0.1) is 11.7 Å². The molecule has 2 amide bonds. The number of halogens is 4. The number of carbonyl (C=O) groups excluding carboxylic acids is 2. The summed E-state index contributed by atoms with van der Waals surface area (Å²) in [7, 11) is 0. The van der Waals surface area contributed by atoms with Gasteiger partial charge in [0.25, 0.3) is 5.91 Å². The molecule has 0 bridgehead atoms. The highest BCUT2D eigenvalue weighted by Gasteiger charge is 2.33. The lowest BCUT2D eigenvalue weighted by atomic mass is 9.96. The molecule has 1 heterocycles. The molecule has 0 unspecified atom stereocenters. The van der Waals surface area contributed by atoms with Crippen molar-refractivity contribution in [2.45, 2.75) is 25.6 Å². The zero-order valence-corrected chi connectivity index (χ0v) is 15.5. The number of likely N-dealkylation sites (tertiary alicyclic amines) is 1. The van der Waals surface area contributed by atoms with Crippen LogP contribution in [0.2, 0.25) is 0 Å². The first kappa shape index (κ1) is 20.8. The average molecular weight is 408 g/mol. The summed E-state index contributed by atoms with van der Waals surface area (Å²) in [5.41, 5.74) is -0.186. The summed E-state index contributed by atoms with van der Waals surface area (Å²) < 4.78 is 51.6. The van der Waals surface area contributed by atoms with Crippen molar-refractivity contribution in [2.24, 2.45) is 5.92 Å². The Bertz CT molecular complexity index is 881. The van der Waals surface area contributed by atoms with Crippen LogP contribution in [0.5, 0.6) is 0 Å². The van der Waals surface area contributed by atoms with Gasteiger partial charge in [-0.2, -0.15) is 13.2 Å². The number of amides is 2. The predicted octanol–water partition coefficient (Wildman–Crippen LogP) is 4.01. The van der Waals surface area contributed by atoms with Gasteiger partial charge in [0.05, 0.1) is 11.5 Å². The number of alkyl halides is 3. The maximum absolute atomic E-state index is 12.9. The molecule has 1 N–H and O–H groups in total. The highest BCUT2D eigenvalue weighted by molar-refractivity contribution is 5.95. The Morgan fingerprint density at radius 2 is 1.83 bits per heavy atom. The van der Waals surface area contributed by atoms with Crippen LogP contribution in [0.4, 0.5) is 17.6 Å². The van der Waals surface area contributed by atoms with Crippen molar-refractivity contribution in [2.75, 3.05) is 13.1 Å². The normalized spacial score (nSPS) is 17.1. The summed E-state index contributed by atoms with van der Waals surface area (Å²) in [4.78, 5) is 26.5. The van der Waals surface area contributed by atoms with Crippen LogP contribution in [-0.2, 0) is 17.5 Å². The predicted molar refractivity (Wildman–Crippen MR) is 98.3 cm³/mol. The van der Waals surface area contributed by atoms with Gasteiger partial charge in [0, 0.05) is 25.2 Å². The van der Waals surface area contributed by atoms with Gasteiger partial charge in [-0.3, -0.25) is 9.59 Å². The third kappa shape index (κ3) is 5.34. The van der Waals surface area contributed by atoms with E-state index in [1.54, 1.807) is 12.1 Å². The summed E-state index contributed by atoms with van der Waals surface area (Å²) in [6, 6.07) is 10.0. The summed E-state index contributed by atoms with van der Waals surface area (Å²) in [5.74, 6) is -1.57. The molecule has 2 aromatic rings. The first-order chi connectivity index (χ1) is 13.7. The number of benzene rings is 2. The Kier molecular flexibility index (Phi) is 6.20.